The first kappa shape index (κ1) is 18.2. The van der Waals surface area contributed by atoms with Gasteiger partial charge in [0.05, 0.1) is 7.11 Å². The Balaban J connectivity index is 2.22. The zero-order valence-electron chi connectivity index (χ0n) is 13.0. The molecule has 1 aliphatic rings. The first-order chi connectivity index (χ1) is 11.4. The molecule has 4 N–H and O–H groups in total. The summed E-state index contributed by atoms with van der Waals surface area (Å²) in [6.45, 7) is 3.65. The maximum atomic E-state index is 11.1. The van der Waals surface area contributed by atoms with E-state index in [4.69, 9.17) is 19.3 Å². The number of rotatable bonds is 6. The van der Waals surface area contributed by atoms with Gasteiger partial charge in [-0.3, -0.25) is 0 Å². The smallest absolute Gasteiger partial charge is 0.335 e. The molecule has 132 valence electrons. The Kier molecular flexibility index (Phi) is 5.79. The van der Waals surface area contributed by atoms with E-state index in [0.29, 0.717) is 12.2 Å². The molecule has 0 aliphatic carbocycles. The fraction of sp³-hybridized carbons (Fsp3) is 0.438. The van der Waals surface area contributed by atoms with Crippen LogP contribution in [0.5, 0.6) is 11.5 Å². The summed E-state index contributed by atoms with van der Waals surface area (Å²) >= 11 is 0. The van der Waals surface area contributed by atoms with Gasteiger partial charge < -0.3 is 34.6 Å². The SMILES string of the molecule is C=CCc1ccc(O[C@@H]2O[C@H](C(=O)O)[C@@H](O)[C@H](O)[C@H]2O)c(OC)c1. The van der Waals surface area contributed by atoms with E-state index in [9.17, 15) is 20.1 Å². The van der Waals surface area contributed by atoms with Gasteiger partial charge in [-0.05, 0) is 24.1 Å². The minimum Gasteiger partial charge on any atom is -0.493 e. The number of aliphatic carboxylic acids is 1. The third kappa shape index (κ3) is 3.68. The minimum atomic E-state index is -1.77. The molecule has 5 atom stereocenters. The van der Waals surface area contributed by atoms with Gasteiger partial charge in [0.15, 0.2) is 17.6 Å². The Morgan fingerprint density at radius 2 is 1.96 bits per heavy atom. The molecule has 2 rings (SSSR count). The van der Waals surface area contributed by atoms with Crippen LogP contribution in [0.4, 0.5) is 0 Å². The molecule has 1 saturated heterocycles. The standard InChI is InChI=1S/C16H20O8/c1-3-4-8-5-6-9(10(7-8)22-2)23-16-13(19)11(17)12(18)14(24-16)15(20)21/h3,5-7,11-14,16-19H,1,4H2,2H3,(H,20,21)/t11-,12-,13+,14-,16+/m0/s1. The van der Waals surface area contributed by atoms with E-state index < -0.39 is 36.7 Å². The van der Waals surface area contributed by atoms with Gasteiger partial charge in [0.2, 0.25) is 6.29 Å². The monoisotopic (exact) mass is 340 g/mol. The molecule has 1 fully saturated rings. The Labute approximate surface area is 138 Å². The van der Waals surface area contributed by atoms with Crippen molar-refractivity contribution in [1.82, 2.24) is 0 Å². The number of hydrogen-bond donors (Lipinski definition) is 4. The van der Waals surface area contributed by atoms with Crippen LogP contribution >= 0.6 is 0 Å². The second-order valence-corrected chi connectivity index (χ2v) is 5.33. The van der Waals surface area contributed by atoms with Crippen molar-refractivity contribution in [2.45, 2.75) is 37.1 Å². The van der Waals surface area contributed by atoms with Gasteiger partial charge in [0.25, 0.3) is 0 Å². The van der Waals surface area contributed by atoms with Crippen LogP contribution in [-0.4, -0.2) is 64.2 Å². The number of benzene rings is 1. The Morgan fingerprint density at radius 3 is 2.54 bits per heavy atom. The molecule has 0 unspecified atom stereocenters. The molecule has 0 bridgehead atoms. The van der Waals surface area contributed by atoms with Crippen LogP contribution in [0.25, 0.3) is 0 Å². The molecule has 0 saturated carbocycles. The number of ether oxygens (including phenoxy) is 3. The lowest BCUT2D eigenvalue weighted by atomic mass is 9.99. The van der Waals surface area contributed by atoms with E-state index in [1.807, 2.05) is 0 Å². The summed E-state index contributed by atoms with van der Waals surface area (Å²) < 4.78 is 15.7. The Hall–Kier alpha value is -2.13. The third-order valence-electron chi connectivity index (χ3n) is 3.66. The summed E-state index contributed by atoms with van der Waals surface area (Å²) in [4.78, 5) is 11.1. The highest BCUT2D eigenvalue weighted by Gasteiger charge is 2.48. The van der Waals surface area contributed by atoms with E-state index in [0.717, 1.165) is 5.56 Å². The van der Waals surface area contributed by atoms with Crippen molar-refractivity contribution in [3.63, 3.8) is 0 Å². The van der Waals surface area contributed by atoms with E-state index in [2.05, 4.69) is 6.58 Å². The summed E-state index contributed by atoms with van der Waals surface area (Å²) in [5.41, 5.74) is 0.915. The lowest BCUT2D eigenvalue weighted by Crippen LogP contribution is -2.61. The zero-order chi connectivity index (χ0) is 17.9. The zero-order valence-corrected chi connectivity index (χ0v) is 13.0. The van der Waals surface area contributed by atoms with Gasteiger partial charge in [0, 0.05) is 0 Å². The number of carboxylic acid groups (broad SMARTS) is 1. The van der Waals surface area contributed by atoms with Crippen molar-refractivity contribution >= 4 is 5.97 Å². The van der Waals surface area contributed by atoms with Gasteiger partial charge in [-0.25, -0.2) is 4.79 Å². The second kappa shape index (κ2) is 7.63. The highest BCUT2D eigenvalue weighted by molar-refractivity contribution is 5.73. The average Bonchev–Trinajstić information content (AvgIpc) is 2.56. The first-order valence-corrected chi connectivity index (χ1v) is 7.26. The number of carbonyl (C=O) groups is 1. The van der Waals surface area contributed by atoms with Crippen molar-refractivity contribution in [3.05, 3.63) is 36.4 Å². The van der Waals surface area contributed by atoms with E-state index in [1.54, 1.807) is 24.3 Å². The molecule has 0 radical (unpaired) electrons. The normalized spacial score (nSPS) is 29.8. The molecule has 1 heterocycles. The summed E-state index contributed by atoms with van der Waals surface area (Å²) in [5, 5.41) is 38.4. The molecular weight excluding hydrogens is 320 g/mol. The van der Waals surface area contributed by atoms with E-state index in [-0.39, 0.29) is 5.75 Å². The number of aliphatic hydroxyl groups is 3. The molecule has 1 aliphatic heterocycles. The highest BCUT2D eigenvalue weighted by atomic mass is 16.7. The number of methoxy groups -OCH3 is 1. The summed E-state index contributed by atoms with van der Waals surface area (Å²) in [5.74, 6) is -0.935. The average molecular weight is 340 g/mol. The topological polar surface area (TPSA) is 126 Å². The molecular formula is C16H20O8. The maximum Gasteiger partial charge on any atom is 0.335 e. The van der Waals surface area contributed by atoms with Crippen LogP contribution in [0.15, 0.2) is 30.9 Å². The lowest BCUT2D eigenvalue weighted by Gasteiger charge is -2.38. The second-order valence-electron chi connectivity index (χ2n) is 5.33. The molecule has 24 heavy (non-hydrogen) atoms. The third-order valence-corrected chi connectivity index (χ3v) is 3.66. The quantitative estimate of drug-likeness (QED) is 0.520. The number of allylic oxidation sites excluding steroid dienone is 1. The van der Waals surface area contributed by atoms with E-state index >= 15 is 0 Å². The minimum absolute atomic E-state index is 0.196. The van der Waals surface area contributed by atoms with Crippen LogP contribution in [0.2, 0.25) is 0 Å². The summed E-state index contributed by atoms with van der Waals surface area (Å²) in [7, 11) is 1.43. The van der Waals surface area contributed by atoms with Gasteiger partial charge in [-0.1, -0.05) is 12.1 Å². The molecule has 8 nitrogen and oxygen atoms in total. The predicted molar refractivity (Wildman–Crippen MR) is 81.8 cm³/mol. The van der Waals surface area contributed by atoms with Gasteiger partial charge in [-0.15, -0.1) is 6.58 Å². The summed E-state index contributed by atoms with van der Waals surface area (Å²) in [6, 6.07) is 5.02. The molecule has 1 aromatic carbocycles. The maximum absolute atomic E-state index is 11.1. The van der Waals surface area contributed by atoms with Crippen molar-refractivity contribution < 1.29 is 39.4 Å². The lowest BCUT2D eigenvalue weighted by molar-refractivity contribution is -0.271. The molecule has 0 amide bonds. The van der Waals surface area contributed by atoms with Crippen LogP contribution < -0.4 is 9.47 Å². The fourth-order valence-corrected chi connectivity index (χ4v) is 2.38. The summed E-state index contributed by atoms with van der Waals surface area (Å²) in [6.07, 6.45) is -6.00. The number of aliphatic hydroxyl groups excluding tert-OH is 3. The molecule has 8 heteroatoms. The van der Waals surface area contributed by atoms with Crippen molar-refractivity contribution in [1.29, 1.82) is 0 Å². The number of carboxylic acids is 1. The van der Waals surface area contributed by atoms with Gasteiger partial charge >= 0.3 is 5.97 Å². The van der Waals surface area contributed by atoms with Crippen molar-refractivity contribution in [2.24, 2.45) is 0 Å². The molecule has 1 aromatic rings. The Morgan fingerprint density at radius 1 is 1.25 bits per heavy atom. The largest absolute Gasteiger partial charge is 0.493 e. The number of hydrogen-bond acceptors (Lipinski definition) is 7. The van der Waals surface area contributed by atoms with Gasteiger partial charge in [-0.2, -0.15) is 0 Å². The fourth-order valence-electron chi connectivity index (χ4n) is 2.38. The van der Waals surface area contributed by atoms with Crippen LogP contribution in [0.3, 0.4) is 0 Å². The van der Waals surface area contributed by atoms with Crippen LogP contribution in [-0.2, 0) is 16.0 Å². The predicted octanol–water partition coefficient (Wildman–Crippen LogP) is -0.305. The first-order valence-electron chi connectivity index (χ1n) is 7.26. The van der Waals surface area contributed by atoms with Crippen LogP contribution in [0, 0.1) is 0 Å². The van der Waals surface area contributed by atoms with Crippen molar-refractivity contribution in [3.8, 4) is 11.5 Å². The van der Waals surface area contributed by atoms with Gasteiger partial charge in [0.1, 0.15) is 18.3 Å². The highest BCUT2D eigenvalue weighted by Crippen LogP contribution is 2.32. The van der Waals surface area contributed by atoms with Crippen molar-refractivity contribution in [2.75, 3.05) is 7.11 Å². The molecule has 0 aromatic heterocycles. The molecule has 0 spiro atoms. The Bertz CT molecular complexity index is 602. The van der Waals surface area contributed by atoms with E-state index in [1.165, 1.54) is 7.11 Å². The van der Waals surface area contributed by atoms with Crippen LogP contribution in [0.1, 0.15) is 5.56 Å².